The molecule has 0 radical (unpaired) electrons. The van der Waals surface area contributed by atoms with Crippen molar-refractivity contribution < 1.29 is 26.0 Å². The molecule has 2 aromatic carbocycles. The van der Waals surface area contributed by atoms with Crippen LogP contribution in [0.5, 0.6) is 0 Å². The van der Waals surface area contributed by atoms with E-state index in [0.717, 1.165) is 11.3 Å². The summed E-state index contributed by atoms with van der Waals surface area (Å²) >= 11 is 0. The molecular weight excluding hydrogens is 448 g/mol. The molecule has 0 aliphatic heterocycles. The fourth-order valence-electron chi connectivity index (χ4n) is 3.17. The number of hydrogen-bond donors (Lipinski definition) is 2. The van der Waals surface area contributed by atoms with Crippen LogP contribution >= 0.6 is 0 Å². The van der Waals surface area contributed by atoms with Crippen LogP contribution in [0.4, 0.5) is 17.6 Å². The van der Waals surface area contributed by atoms with E-state index in [0.29, 0.717) is 16.8 Å². The Morgan fingerprint density at radius 3 is 2.28 bits per heavy atom. The standard InChI is InChI=1S/C21H22F4N4O2S/c1-20(2,28-32(30,31)26-13-21(23,24)25)16-6-4-5-15(11-16)18-12-19(29(3)27-18)14-7-9-17(22)10-8-14/h4-12,26,28H,13H2,1-3H3. The number of hydrogen-bond acceptors (Lipinski definition) is 3. The van der Waals surface area contributed by atoms with Crippen LogP contribution in [0, 0.1) is 5.82 Å². The number of aryl methyl sites for hydroxylation is 1. The third kappa shape index (κ3) is 5.93. The van der Waals surface area contributed by atoms with Crippen molar-refractivity contribution in [3.63, 3.8) is 0 Å². The summed E-state index contributed by atoms with van der Waals surface area (Å²) < 4.78 is 79.9. The fourth-order valence-corrected chi connectivity index (χ4v) is 4.39. The number of benzene rings is 2. The van der Waals surface area contributed by atoms with Crippen LogP contribution in [0.2, 0.25) is 0 Å². The molecule has 11 heteroatoms. The highest BCUT2D eigenvalue weighted by molar-refractivity contribution is 7.87. The Kier molecular flexibility index (Phi) is 6.45. The summed E-state index contributed by atoms with van der Waals surface area (Å²) in [5, 5.41) is 4.48. The van der Waals surface area contributed by atoms with Crippen LogP contribution in [-0.4, -0.2) is 30.9 Å². The molecule has 6 nitrogen and oxygen atoms in total. The van der Waals surface area contributed by atoms with Crippen LogP contribution in [0.25, 0.3) is 22.5 Å². The second-order valence-corrected chi connectivity index (χ2v) is 9.29. The Labute approximate surface area is 183 Å². The van der Waals surface area contributed by atoms with Crippen LogP contribution in [0.15, 0.2) is 54.6 Å². The van der Waals surface area contributed by atoms with Gasteiger partial charge in [0.2, 0.25) is 0 Å². The highest BCUT2D eigenvalue weighted by atomic mass is 32.2. The molecule has 3 aromatic rings. The summed E-state index contributed by atoms with van der Waals surface area (Å²) in [6.07, 6.45) is -4.67. The van der Waals surface area contributed by atoms with Gasteiger partial charge in [-0.25, -0.2) is 4.39 Å². The van der Waals surface area contributed by atoms with Crippen molar-refractivity contribution in [1.82, 2.24) is 19.2 Å². The molecule has 0 spiro atoms. The first kappa shape index (κ1) is 23.9. The van der Waals surface area contributed by atoms with Crippen molar-refractivity contribution in [2.75, 3.05) is 6.54 Å². The maximum atomic E-state index is 13.2. The molecular formula is C21H22F4N4O2S. The van der Waals surface area contributed by atoms with Gasteiger partial charge in [-0.1, -0.05) is 18.2 Å². The summed E-state index contributed by atoms with van der Waals surface area (Å²) in [5.41, 5.74) is 2.13. The van der Waals surface area contributed by atoms with Gasteiger partial charge in [0.15, 0.2) is 0 Å². The minimum absolute atomic E-state index is 0.349. The lowest BCUT2D eigenvalue weighted by Gasteiger charge is -2.27. The molecule has 0 unspecified atom stereocenters. The van der Waals surface area contributed by atoms with E-state index in [2.05, 4.69) is 9.82 Å². The lowest BCUT2D eigenvalue weighted by atomic mass is 9.93. The van der Waals surface area contributed by atoms with E-state index >= 15 is 0 Å². The minimum atomic E-state index is -4.67. The van der Waals surface area contributed by atoms with Gasteiger partial charge < -0.3 is 0 Å². The first-order valence-corrected chi connectivity index (χ1v) is 11.0. The van der Waals surface area contributed by atoms with Crippen molar-refractivity contribution in [1.29, 1.82) is 0 Å². The van der Waals surface area contributed by atoms with Crippen molar-refractivity contribution in [2.45, 2.75) is 25.6 Å². The van der Waals surface area contributed by atoms with E-state index in [1.807, 2.05) is 6.07 Å². The van der Waals surface area contributed by atoms with Gasteiger partial charge in [0.1, 0.15) is 12.4 Å². The number of aromatic nitrogens is 2. The Hall–Kier alpha value is -2.76. The number of nitrogens with one attached hydrogen (secondary N) is 2. The maximum Gasteiger partial charge on any atom is 0.402 e. The Morgan fingerprint density at radius 2 is 1.66 bits per heavy atom. The molecule has 32 heavy (non-hydrogen) atoms. The molecule has 0 saturated heterocycles. The van der Waals surface area contributed by atoms with Crippen molar-refractivity contribution in [3.05, 3.63) is 66.0 Å². The molecule has 0 aliphatic carbocycles. The first-order valence-electron chi connectivity index (χ1n) is 9.52. The van der Waals surface area contributed by atoms with Crippen molar-refractivity contribution in [3.8, 4) is 22.5 Å². The summed E-state index contributed by atoms with van der Waals surface area (Å²) in [4.78, 5) is 0. The van der Waals surface area contributed by atoms with E-state index in [1.165, 1.54) is 16.9 Å². The molecule has 1 heterocycles. The van der Waals surface area contributed by atoms with E-state index in [4.69, 9.17) is 0 Å². The molecule has 0 saturated carbocycles. The summed E-state index contributed by atoms with van der Waals surface area (Å²) in [7, 11) is -2.66. The molecule has 1 aromatic heterocycles. The zero-order valence-electron chi connectivity index (χ0n) is 17.5. The molecule has 0 atom stereocenters. The highest BCUT2D eigenvalue weighted by Gasteiger charge is 2.32. The quantitative estimate of drug-likeness (QED) is 0.510. The predicted octanol–water partition coefficient (Wildman–Crippen LogP) is 4.11. The van der Waals surface area contributed by atoms with Gasteiger partial charge in [-0.3, -0.25) is 4.68 Å². The van der Waals surface area contributed by atoms with Gasteiger partial charge in [-0.2, -0.15) is 36.1 Å². The second kappa shape index (κ2) is 8.64. The van der Waals surface area contributed by atoms with Gasteiger partial charge in [0.05, 0.1) is 16.9 Å². The third-order valence-electron chi connectivity index (χ3n) is 4.75. The normalized spacial score (nSPS) is 12.8. The number of nitrogens with zero attached hydrogens (tertiary/aromatic N) is 2. The van der Waals surface area contributed by atoms with Crippen molar-refractivity contribution >= 4 is 10.2 Å². The molecule has 0 aliphatic rings. The van der Waals surface area contributed by atoms with Gasteiger partial charge in [-0.15, -0.1) is 0 Å². The van der Waals surface area contributed by atoms with E-state index in [9.17, 15) is 26.0 Å². The van der Waals surface area contributed by atoms with Crippen LogP contribution in [-0.2, 0) is 22.8 Å². The van der Waals surface area contributed by atoms with E-state index < -0.39 is 28.5 Å². The molecule has 0 bridgehead atoms. The SMILES string of the molecule is Cn1nc(-c2cccc(C(C)(C)NS(=O)(=O)NCC(F)(F)F)c2)cc1-c1ccc(F)cc1. The van der Waals surface area contributed by atoms with Crippen LogP contribution < -0.4 is 9.44 Å². The average molecular weight is 470 g/mol. The van der Waals surface area contributed by atoms with Gasteiger partial charge >= 0.3 is 6.18 Å². The number of halogens is 4. The summed E-state index contributed by atoms with van der Waals surface area (Å²) in [6.45, 7) is 1.42. The zero-order chi connectivity index (χ0) is 23.7. The van der Waals surface area contributed by atoms with Gasteiger partial charge in [0, 0.05) is 12.6 Å². The zero-order valence-corrected chi connectivity index (χ0v) is 18.4. The van der Waals surface area contributed by atoms with Crippen LogP contribution in [0.1, 0.15) is 19.4 Å². The van der Waals surface area contributed by atoms with E-state index in [-0.39, 0.29) is 5.82 Å². The Bertz CT molecular complexity index is 1200. The highest BCUT2D eigenvalue weighted by Crippen LogP contribution is 2.29. The third-order valence-corrected chi connectivity index (χ3v) is 6.06. The van der Waals surface area contributed by atoms with Crippen molar-refractivity contribution in [2.24, 2.45) is 7.05 Å². The summed E-state index contributed by atoms with van der Waals surface area (Å²) in [6, 6.07) is 14.7. The molecule has 2 N–H and O–H groups in total. The average Bonchev–Trinajstić information content (AvgIpc) is 3.08. The monoisotopic (exact) mass is 470 g/mol. The maximum absolute atomic E-state index is 13.2. The lowest BCUT2D eigenvalue weighted by Crippen LogP contribution is -2.48. The molecule has 0 fully saturated rings. The largest absolute Gasteiger partial charge is 0.402 e. The topological polar surface area (TPSA) is 76.0 Å². The fraction of sp³-hybridized carbons (Fsp3) is 0.286. The molecule has 0 amide bonds. The van der Waals surface area contributed by atoms with Crippen LogP contribution in [0.3, 0.4) is 0 Å². The van der Waals surface area contributed by atoms with Gasteiger partial charge in [-0.05, 0) is 61.4 Å². The minimum Gasteiger partial charge on any atom is -0.267 e. The second-order valence-electron chi connectivity index (χ2n) is 7.79. The lowest BCUT2D eigenvalue weighted by molar-refractivity contribution is -0.121. The summed E-state index contributed by atoms with van der Waals surface area (Å²) in [5.74, 6) is -0.349. The van der Waals surface area contributed by atoms with E-state index in [1.54, 1.807) is 62.0 Å². The van der Waals surface area contributed by atoms with Gasteiger partial charge in [0.25, 0.3) is 10.2 Å². The first-order chi connectivity index (χ1) is 14.8. The molecule has 3 rings (SSSR count). The Morgan fingerprint density at radius 1 is 1.00 bits per heavy atom. The number of alkyl halides is 3. The smallest absolute Gasteiger partial charge is 0.267 e. The predicted molar refractivity (Wildman–Crippen MR) is 113 cm³/mol. The number of rotatable bonds is 7. The Balaban J connectivity index is 1.86. The molecule has 172 valence electrons.